The topological polar surface area (TPSA) is 134 Å². The van der Waals surface area contributed by atoms with Crippen molar-refractivity contribution in [3.05, 3.63) is 63.7 Å². The summed E-state index contributed by atoms with van der Waals surface area (Å²) in [5.74, 6) is -1.23. The lowest BCUT2D eigenvalue weighted by molar-refractivity contribution is -0.384. The van der Waals surface area contributed by atoms with Crippen molar-refractivity contribution >= 4 is 23.5 Å². The van der Waals surface area contributed by atoms with Crippen LogP contribution in [0.5, 0.6) is 11.5 Å². The maximum atomic E-state index is 12.0. The van der Waals surface area contributed by atoms with Gasteiger partial charge in [-0.15, -0.1) is 0 Å². The third-order valence-corrected chi connectivity index (χ3v) is 3.77. The second-order valence-electron chi connectivity index (χ2n) is 5.64. The van der Waals surface area contributed by atoms with Crippen LogP contribution in [0.1, 0.15) is 27.1 Å². The molecule has 152 valence electrons. The number of amides is 1. The molecule has 0 aromatic heterocycles. The summed E-state index contributed by atoms with van der Waals surface area (Å²) in [5, 5.41) is 13.5. The van der Waals surface area contributed by atoms with Crippen molar-refractivity contribution in [1.82, 2.24) is 5.32 Å². The Morgan fingerprint density at radius 2 is 1.72 bits per heavy atom. The van der Waals surface area contributed by atoms with E-state index in [9.17, 15) is 24.5 Å². The molecule has 0 saturated heterocycles. The Bertz CT molecular complexity index is 924. The highest BCUT2D eigenvalue weighted by Crippen LogP contribution is 2.29. The summed E-state index contributed by atoms with van der Waals surface area (Å²) in [6.45, 7) is 0.134. The van der Waals surface area contributed by atoms with Crippen LogP contribution in [0.3, 0.4) is 0 Å². The fourth-order valence-corrected chi connectivity index (χ4v) is 2.27. The van der Waals surface area contributed by atoms with Crippen LogP contribution in [0, 0.1) is 10.1 Å². The zero-order chi connectivity index (χ0) is 21.4. The molecule has 0 unspecified atom stereocenters. The van der Waals surface area contributed by atoms with Crippen molar-refractivity contribution in [2.45, 2.75) is 6.42 Å². The molecule has 2 rings (SSSR count). The standard InChI is InChI=1S/C19H18N2O8/c1-27-17(22)9-10-20-18(23)12-3-6-14(7-4-12)29-16-8-5-13(21(25)26)11-15(16)19(24)28-2/h3-8,11H,9-10H2,1-2H3,(H,20,23). The van der Waals surface area contributed by atoms with Crippen LogP contribution in [0.25, 0.3) is 0 Å². The van der Waals surface area contributed by atoms with Crippen LogP contribution in [0.4, 0.5) is 5.69 Å². The van der Waals surface area contributed by atoms with Gasteiger partial charge in [0.1, 0.15) is 17.1 Å². The molecule has 0 aliphatic heterocycles. The minimum atomic E-state index is -0.787. The van der Waals surface area contributed by atoms with E-state index in [1.807, 2.05) is 0 Å². The number of carbonyl (C=O) groups is 3. The summed E-state index contributed by atoms with van der Waals surface area (Å²) in [6, 6.07) is 9.53. The van der Waals surface area contributed by atoms with Crippen LogP contribution < -0.4 is 10.1 Å². The summed E-state index contributed by atoms with van der Waals surface area (Å²) >= 11 is 0. The Balaban J connectivity index is 2.11. The summed E-state index contributed by atoms with van der Waals surface area (Å²) in [5.41, 5.74) is -0.0536. The summed E-state index contributed by atoms with van der Waals surface area (Å²) in [7, 11) is 2.41. The van der Waals surface area contributed by atoms with E-state index in [-0.39, 0.29) is 35.9 Å². The minimum Gasteiger partial charge on any atom is -0.469 e. The lowest BCUT2D eigenvalue weighted by Crippen LogP contribution is -2.26. The maximum Gasteiger partial charge on any atom is 0.341 e. The number of carbonyl (C=O) groups excluding carboxylic acids is 3. The molecular formula is C19H18N2O8. The molecule has 0 heterocycles. The number of esters is 2. The Morgan fingerprint density at radius 3 is 2.31 bits per heavy atom. The van der Waals surface area contributed by atoms with Gasteiger partial charge in [0.05, 0.1) is 25.6 Å². The van der Waals surface area contributed by atoms with E-state index >= 15 is 0 Å². The number of benzene rings is 2. The van der Waals surface area contributed by atoms with E-state index in [1.165, 1.54) is 43.5 Å². The number of nitro benzene ring substituents is 1. The fourth-order valence-electron chi connectivity index (χ4n) is 2.27. The first-order chi connectivity index (χ1) is 13.8. The van der Waals surface area contributed by atoms with Crippen LogP contribution >= 0.6 is 0 Å². The number of rotatable bonds is 8. The average molecular weight is 402 g/mol. The van der Waals surface area contributed by atoms with Crippen molar-refractivity contribution in [2.24, 2.45) is 0 Å². The Kier molecular flexibility index (Phi) is 7.24. The van der Waals surface area contributed by atoms with E-state index in [0.29, 0.717) is 11.3 Å². The Labute approximate surface area is 165 Å². The Hall–Kier alpha value is -3.95. The van der Waals surface area contributed by atoms with Crippen molar-refractivity contribution in [3.8, 4) is 11.5 Å². The molecule has 10 heteroatoms. The van der Waals surface area contributed by atoms with Crippen molar-refractivity contribution < 1.29 is 33.5 Å². The number of methoxy groups -OCH3 is 2. The first kappa shape index (κ1) is 21.4. The second-order valence-corrected chi connectivity index (χ2v) is 5.64. The molecule has 2 aromatic carbocycles. The van der Waals surface area contributed by atoms with E-state index in [1.54, 1.807) is 0 Å². The molecule has 0 radical (unpaired) electrons. The summed E-state index contributed by atoms with van der Waals surface area (Å²) in [4.78, 5) is 45.3. The van der Waals surface area contributed by atoms with Gasteiger partial charge in [-0.05, 0) is 30.3 Å². The van der Waals surface area contributed by atoms with Gasteiger partial charge in [-0.1, -0.05) is 0 Å². The molecule has 0 spiro atoms. The lowest BCUT2D eigenvalue weighted by atomic mass is 10.1. The molecule has 1 amide bonds. The summed E-state index contributed by atoms with van der Waals surface area (Å²) < 4.78 is 14.7. The van der Waals surface area contributed by atoms with Crippen LogP contribution in [0.2, 0.25) is 0 Å². The van der Waals surface area contributed by atoms with E-state index < -0.39 is 16.9 Å². The number of nitrogens with zero attached hydrogens (tertiary/aromatic N) is 1. The van der Waals surface area contributed by atoms with Crippen molar-refractivity contribution in [3.63, 3.8) is 0 Å². The van der Waals surface area contributed by atoms with Gasteiger partial charge in [-0.25, -0.2) is 4.79 Å². The number of hydrogen-bond donors (Lipinski definition) is 1. The van der Waals surface area contributed by atoms with E-state index in [0.717, 1.165) is 13.2 Å². The number of non-ortho nitro benzene ring substituents is 1. The number of hydrogen-bond acceptors (Lipinski definition) is 8. The minimum absolute atomic E-state index is 0.0554. The third-order valence-electron chi connectivity index (χ3n) is 3.77. The van der Waals surface area contributed by atoms with Gasteiger partial charge in [0.25, 0.3) is 11.6 Å². The van der Waals surface area contributed by atoms with Crippen LogP contribution in [0.15, 0.2) is 42.5 Å². The predicted octanol–water partition coefficient (Wildman–Crippen LogP) is 2.47. The molecule has 0 aliphatic rings. The van der Waals surface area contributed by atoms with Gasteiger partial charge in [-0.3, -0.25) is 19.7 Å². The van der Waals surface area contributed by atoms with E-state index in [2.05, 4.69) is 14.8 Å². The molecule has 1 N–H and O–H groups in total. The molecule has 0 aliphatic carbocycles. The van der Waals surface area contributed by atoms with Gasteiger partial charge in [-0.2, -0.15) is 0 Å². The summed E-state index contributed by atoms with van der Waals surface area (Å²) in [6.07, 6.45) is 0.0554. The van der Waals surface area contributed by atoms with Gasteiger partial charge in [0, 0.05) is 24.2 Å². The molecule has 0 bridgehead atoms. The predicted molar refractivity (Wildman–Crippen MR) is 99.9 cm³/mol. The third kappa shape index (κ3) is 5.76. The largest absolute Gasteiger partial charge is 0.469 e. The second kappa shape index (κ2) is 9.83. The molecule has 0 saturated carbocycles. The van der Waals surface area contributed by atoms with Crippen LogP contribution in [-0.4, -0.2) is 43.5 Å². The van der Waals surface area contributed by atoms with Crippen molar-refractivity contribution in [2.75, 3.05) is 20.8 Å². The monoisotopic (exact) mass is 402 g/mol. The molecule has 0 fully saturated rings. The highest BCUT2D eigenvalue weighted by molar-refractivity contribution is 5.95. The smallest absolute Gasteiger partial charge is 0.341 e. The zero-order valence-electron chi connectivity index (χ0n) is 15.7. The average Bonchev–Trinajstić information content (AvgIpc) is 2.73. The van der Waals surface area contributed by atoms with Gasteiger partial charge >= 0.3 is 11.9 Å². The van der Waals surface area contributed by atoms with Gasteiger partial charge in [0.15, 0.2) is 0 Å². The molecule has 29 heavy (non-hydrogen) atoms. The first-order valence-corrected chi connectivity index (χ1v) is 8.35. The molecule has 0 atom stereocenters. The van der Waals surface area contributed by atoms with Gasteiger partial charge in [0.2, 0.25) is 0 Å². The Morgan fingerprint density at radius 1 is 1.03 bits per heavy atom. The molecule has 10 nitrogen and oxygen atoms in total. The van der Waals surface area contributed by atoms with Crippen LogP contribution in [-0.2, 0) is 14.3 Å². The van der Waals surface area contributed by atoms with Crippen molar-refractivity contribution in [1.29, 1.82) is 0 Å². The zero-order valence-corrected chi connectivity index (χ0v) is 15.7. The lowest BCUT2D eigenvalue weighted by Gasteiger charge is -2.10. The number of nitro groups is 1. The molecule has 2 aromatic rings. The first-order valence-electron chi connectivity index (χ1n) is 8.35. The number of nitrogens with one attached hydrogen (secondary N) is 1. The van der Waals surface area contributed by atoms with E-state index in [4.69, 9.17) is 4.74 Å². The normalized spacial score (nSPS) is 10.0. The fraction of sp³-hybridized carbons (Fsp3) is 0.211. The SMILES string of the molecule is COC(=O)CCNC(=O)c1ccc(Oc2ccc([N+](=O)[O-])cc2C(=O)OC)cc1. The highest BCUT2D eigenvalue weighted by atomic mass is 16.6. The quantitative estimate of drug-likeness (QED) is 0.404. The van der Waals surface area contributed by atoms with Gasteiger partial charge < -0.3 is 19.5 Å². The maximum absolute atomic E-state index is 12.0. The molecular weight excluding hydrogens is 384 g/mol. The highest BCUT2D eigenvalue weighted by Gasteiger charge is 2.19. The number of ether oxygens (including phenoxy) is 3.